The van der Waals surface area contributed by atoms with E-state index in [9.17, 15) is 23.3 Å². The van der Waals surface area contributed by atoms with E-state index < -0.39 is 16.0 Å². The van der Waals surface area contributed by atoms with E-state index in [2.05, 4.69) is 11.1 Å². The van der Waals surface area contributed by atoms with Gasteiger partial charge in [-0.1, -0.05) is 24.3 Å². The van der Waals surface area contributed by atoms with Gasteiger partial charge in [0.1, 0.15) is 27.9 Å². The number of methoxy groups -OCH3 is 1. The molecule has 9 nitrogen and oxygen atoms in total. The van der Waals surface area contributed by atoms with Crippen LogP contribution in [0.1, 0.15) is 44.0 Å². The maximum Gasteiger partial charge on any atom is 0.349 e. The zero-order chi connectivity index (χ0) is 25.7. The third kappa shape index (κ3) is 5.16. The second-order valence-electron chi connectivity index (χ2n) is 8.22. The molecule has 1 aliphatic rings. The highest BCUT2D eigenvalue weighted by molar-refractivity contribution is 7.89. The fourth-order valence-electron chi connectivity index (χ4n) is 4.26. The van der Waals surface area contributed by atoms with Gasteiger partial charge >= 0.3 is 5.97 Å². The third-order valence-corrected chi connectivity index (χ3v) is 9.08. The van der Waals surface area contributed by atoms with Crippen molar-refractivity contribution in [3.05, 3.63) is 75.6 Å². The largest absolute Gasteiger partial charge is 0.465 e. The molecule has 4 rings (SSSR count). The molecule has 36 heavy (non-hydrogen) atoms. The Hall–Kier alpha value is -3.59. The molecule has 0 unspecified atom stereocenters. The normalized spacial score (nSPS) is 14.4. The second kappa shape index (κ2) is 11.0. The maximum absolute atomic E-state index is 13.9. The fraction of sp³-hybridized carbons (Fsp3) is 0.280. The molecule has 0 aliphatic carbocycles. The topological polar surface area (TPSA) is 121 Å². The Morgan fingerprint density at radius 1 is 1.25 bits per heavy atom. The zero-order valence-electron chi connectivity index (χ0n) is 19.5. The number of piperidine rings is 1. The van der Waals surface area contributed by atoms with Crippen LogP contribution in [-0.2, 0) is 21.3 Å². The number of hydrogen-bond donors (Lipinski definition) is 0. The van der Waals surface area contributed by atoms with E-state index in [4.69, 9.17) is 4.74 Å². The smallest absolute Gasteiger partial charge is 0.349 e. The van der Waals surface area contributed by atoms with Crippen LogP contribution in [0.25, 0.3) is 0 Å². The van der Waals surface area contributed by atoms with Crippen molar-refractivity contribution in [3.8, 4) is 6.07 Å². The van der Waals surface area contributed by atoms with Gasteiger partial charge in [-0.2, -0.15) is 9.57 Å². The first-order valence-electron chi connectivity index (χ1n) is 11.2. The van der Waals surface area contributed by atoms with Gasteiger partial charge in [0.15, 0.2) is 0 Å². The Morgan fingerprint density at radius 3 is 2.61 bits per heavy atom. The molecular weight excluding hydrogens is 500 g/mol. The molecule has 0 saturated carbocycles. The monoisotopic (exact) mass is 524 g/mol. The Balaban J connectivity index is 1.65. The van der Waals surface area contributed by atoms with Crippen LogP contribution in [0.2, 0.25) is 0 Å². The Morgan fingerprint density at radius 2 is 1.97 bits per heavy atom. The Bertz CT molecular complexity index is 1390. The van der Waals surface area contributed by atoms with Gasteiger partial charge in [0, 0.05) is 37.4 Å². The molecule has 0 radical (unpaired) electrons. The summed E-state index contributed by atoms with van der Waals surface area (Å²) in [7, 11) is -2.85. The highest BCUT2D eigenvalue weighted by atomic mass is 32.2. The molecule has 3 aromatic rings. The molecule has 2 aromatic heterocycles. The van der Waals surface area contributed by atoms with E-state index in [1.54, 1.807) is 48.0 Å². The van der Waals surface area contributed by atoms with Crippen molar-refractivity contribution in [1.29, 1.82) is 5.26 Å². The quantitative estimate of drug-likeness (QED) is 0.324. The van der Waals surface area contributed by atoms with Crippen molar-refractivity contribution >= 4 is 39.4 Å². The fourth-order valence-corrected chi connectivity index (χ4v) is 7.25. The molecule has 186 valence electrons. The lowest BCUT2D eigenvalue weighted by atomic mass is 10.0. The number of benzene rings is 1. The Labute approximate surface area is 213 Å². The molecular formula is C25H24N4O5S2. The van der Waals surface area contributed by atoms with Crippen LogP contribution in [0, 0.1) is 11.3 Å². The number of ether oxygens (including phenoxy) is 1. The number of hydrogen-bond acceptors (Lipinski definition) is 9. The molecule has 1 fully saturated rings. The highest BCUT2D eigenvalue weighted by Gasteiger charge is 2.37. The predicted octanol–water partition coefficient (Wildman–Crippen LogP) is 3.47. The second-order valence-corrected chi connectivity index (χ2v) is 11.0. The molecule has 0 amide bonds. The minimum atomic E-state index is -4.07. The summed E-state index contributed by atoms with van der Waals surface area (Å²) in [5.74, 6) is -0.115. The summed E-state index contributed by atoms with van der Waals surface area (Å²) < 4.78 is 34.1. The molecule has 1 aliphatic heterocycles. The summed E-state index contributed by atoms with van der Waals surface area (Å²) in [5.41, 5.74) is 1.69. The molecule has 0 atom stereocenters. The van der Waals surface area contributed by atoms with Gasteiger partial charge in [0.05, 0.1) is 12.7 Å². The summed E-state index contributed by atoms with van der Waals surface area (Å²) in [6.07, 6.45) is 3.37. The van der Waals surface area contributed by atoms with E-state index in [1.165, 1.54) is 17.5 Å². The lowest BCUT2D eigenvalue weighted by Gasteiger charge is -2.38. The molecule has 3 heterocycles. The number of pyridine rings is 1. The van der Waals surface area contributed by atoms with Crippen LogP contribution in [0.3, 0.4) is 0 Å². The first-order chi connectivity index (χ1) is 17.4. The van der Waals surface area contributed by atoms with E-state index in [1.807, 2.05) is 4.90 Å². The predicted molar refractivity (Wildman–Crippen MR) is 134 cm³/mol. The minimum Gasteiger partial charge on any atom is -0.465 e. The first kappa shape index (κ1) is 25.5. The zero-order valence-corrected chi connectivity index (χ0v) is 21.2. The standard InChI is InChI=1S/C25H24N4O5S2/c1-34-25(31)23-22(10-14-35-23)36(32,33)29(16-18-4-6-19(17-30)7-5-18)21-8-12-28(13-9-21)24-20(15-26)3-2-11-27-24/h2-7,10-11,14,17,21H,8-9,12-13,16H2,1H3. The number of nitriles is 1. The number of aldehydes is 1. The number of esters is 1. The van der Waals surface area contributed by atoms with E-state index in [-0.39, 0.29) is 22.4 Å². The number of sulfonamides is 1. The Kier molecular flexibility index (Phi) is 7.79. The third-order valence-electron chi connectivity index (χ3n) is 6.12. The summed E-state index contributed by atoms with van der Waals surface area (Å²) in [5, 5.41) is 11.0. The van der Waals surface area contributed by atoms with Crippen LogP contribution < -0.4 is 4.90 Å². The van der Waals surface area contributed by atoms with Crippen LogP contribution in [0.4, 0.5) is 5.82 Å². The number of rotatable bonds is 8. The molecule has 11 heteroatoms. The molecule has 1 saturated heterocycles. The van der Waals surface area contributed by atoms with Gasteiger partial charge in [-0.15, -0.1) is 11.3 Å². The summed E-state index contributed by atoms with van der Waals surface area (Å²) in [6.45, 7) is 1.11. The molecule has 1 aromatic carbocycles. The number of thiophene rings is 1. The molecule has 0 bridgehead atoms. The summed E-state index contributed by atoms with van der Waals surface area (Å²) in [4.78, 5) is 29.6. The van der Waals surface area contributed by atoms with Crippen molar-refractivity contribution in [2.24, 2.45) is 0 Å². The van der Waals surface area contributed by atoms with E-state index in [0.29, 0.717) is 42.9 Å². The lowest BCUT2D eigenvalue weighted by Crippen LogP contribution is -2.47. The summed E-state index contributed by atoms with van der Waals surface area (Å²) in [6, 6.07) is 13.4. The van der Waals surface area contributed by atoms with Gasteiger partial charge in [-0.05, 0) is 42.0 Å². The van der Waals surface area contributed by atoms with Gasteiger partial charge in [0.25, 0.3) is 0 Å². The summed E-state index contributed by atoms with van der Waals surface area (Å²) >= 11 is 1.02. The van der Waals surface area contributed by atoms with Gasteiger partial charge < -0.3 is 9.64 Å². The van der Waals surface area contributed by atoms with Crippen LogP contribution in [-0.4, -0.2) is 56.2 Å². The van der Waals surface area contributed by atoms with Crippen LogP contribution in [0.15, 0.2) is 58.9 Å². The van der Waals surface area contributed by atoms with E-state index >= 15 is 0 Å². The molecule has 0 spiro atoms. The minimum absolute atomic E-state index is 0.0309. The van der Waals surface area contributed by atoms with Crippen molar-refractivity contribution in [2.45, 2.75) is 30.3 Å². The number of nitrogens with zero attached hydrogens (tertiary/aromatic N) is 4. The average Bonchev–Trinajstić information content (AvgIpc) is 3.43. The average molecular weight is 525 g/mol. The van der Waals surface area contributed by atoms with Crippen LogP contribution in [0.5, 0.6) is 0 Å². The SMILES string of the molecule is COC(=O)c1sccc1S(=O)(=O)N(Cc1ccc(C=O)cc1)C1CCN(c2ncccc2C#N)CC1. The number of carbonyl (C=O) groups excluding carboxylic acids is 2. The van der Waals surface area contributed by atoms with Gasteiger partial charge in [0.2, 0.25) is 10.0 Å². The highest BCUT2D eigenvalue weighted by Crippen LogP contribution is 2.32. The van der Waals surface area contributed by atoms with Crippen molar-refractivity contribution in [3.63, 3.8) is 0 Å². The van der Waals surface area contributed by atoms with Crippen molar-refractivity contribution in [2.75, 3.05) is 25.1 Å². The number of carbonyl (C=O) groups is 2. The van der Waals surface area contributed by atoms with Crippen LogP contribution >= 0.6 is 11.3 Å². The van der Waals surface area contributed by atoms with Gasteiger partial charge in [-0.3, -0.25) is 4.79 Å². The van der Waals surface area contributed by atoms with Crippen molar-refractivity contribution in [1.82, 2.24) is 9.29 Å². The van der Waals surface area contributed by atoms with Crippen molar-refractivity contribution < 1.29 is 22.7 Å². The first-order valence-corrected chi connectivity index (χ1v) is 13.5. The number of anilines is 1. The van der Waals surface area contributed by atoms with Gasteiger partial charge in [-0.25, -0.2) is 18.2 Å². The lowest BCUT2D eigenvalue weighted by molar-refractivity contribution is 0.0602. The maximum atomic E-state index is 13.9. The van der Waals surface area contributed by atoms with E-state index in [0.717, 1.165) is 23.2 Å². The number of aromatic nitrogens is 1. The molecule has 0 N–H and O–H groups in total.